The molecule has 2 rings (SSSR count). The van der Waals surface area contributed by atoms with Gasteiger partial charge >= 0.3 is 0 Å². The van der Waals surface area contributed by atoms with Gasteiger partial charge in [-0.2, -0.15) is 4.98 Å². The minimum atomic E-state index is 0.451. The number of anilines is 2. The number of halogens is 1. The summed E-state index contributed by atoms with van der Waals surface area (Å²) < 4.78 is 6.47. The van der Waals surface area contributed by atoms with Crippen molar-refractivity contribution in [2.75, 3.05) is 24.7 Å². The van der Waals surface area contributed by atoms with Gasteiger partial charge in [0.25, 0.3) is 0 Å². The molecule has 0 amide bonds. The third-order valence-electron chi connectivity index (χ3n) is 2.22. The van der Waals surface area contributed by atoms with Crippen molar-refractivity contribution in [1.82, 2.24) is 9.97 Å². The standard InChI is InChI=1S/C12H13BrN4O/c1-17(2)12-15-7-6-10(16-12)18-11-8(13)4-3-5-9(11)14/h3-7H,14H2,1-2H3. The number of benzene rings is 1. The van der Waals surface area contributed by atoms with Crippen molar-refractivity contribution < 1.29 is 4.74 Å². The maximum Gasteiger partial charge on any atom is 0.228 e. The molecule has 6 heteroatoms. The quantitative estimate of drug-likeness (QED) is 0.883. The summed E-state index contributed by atoms with van der Waals surface area (Å²) in [6.45, 7) is 0. The van der Waals surface area contributed by atoms with Crippen molar-refractivity contribution in [3.8, 4) is 11.6 Å². The van der Waals surface area contributed by atoms with Gasteiger partial charge in [-0.15, -0.1) is 0 Å². The van der Waals surface area contributed by atoms with Gasteiger partial charge < -0.3 is 15.4 Å². The number of hydrogen-bond donors (Lipinski definition) is 1. The molecule has 0 aliphatic carbocycles. The lowest BCUT2D eigenvalue weighted by Crippen LogP contribution is -2.12. The van der Waals surface area contributed by atoms with Gasteiger partial charge in [0.1, 0.15) is 0 Å². The van der Waals surface area contributed by atoms with Crippen LogP contribution in [0.3, 0.4) is 0 Å². The Kier molecular flexibility index (Phi) is 3.66. The molecule has 0 aliphatic heterocycles. The maximum absolute atomic E-state index is 5.86. The van der Waals surface area contributed by atoms with Crippen LogP contribution >= 0.6 is 15.9 Å². The smallest absolute Gasteiger partial charge is 0.228 e. The number of para-hydroxylation sites is 1. The minimum absolute atomic E-state index is 0.451. The Bertz CT molecular complexity index is 539. The van der Waals surface area contributed by atoms with Crippen molar-refractivity contribution >= 4 is 27.6 Å². The Balaban J connectivity index is 2.31. The van der Waals surface area contributed by atoms with Crippen molar-refractivity contribution in [2.24, 2.45) is 0 Å². The van der Waals surface area contributed by atoms with Crippen molar-refractivity contribution in [1.29, 1.82) is 0 Å². The van der Waals surface area contributed by atoms with E-state index in [0.717, 1.165) is 4.47 Å². The lowest BCUT2D eigenvalue weighted by atomic mass is 10.3. The van der Waals surface area contributed by atoms with E-state index in [1.807, 2.05) is 26.2 Å². The summed E-state index contributed by atoms with van der Waals surface area (Å²) >= 11 is 3.39. The number of hydrogen-bond acceptors (Lipinski definition) is 5. The molecule has 0 radical (unpaired) electrons. The summed E-state index contributed by atoms with van der Waals surface area (Å²) in [5.74, 6) is 1.59. The Morgan fingerprint density at radius 2 is 2.06 bits per heavy atom. The molecular weight excluding hydrogens is 296 g/mol. The van der Waals surface area contributed by atoms with Gasteiger partial charge in [-0.1, -0.05) is 6.07 Å². The van der Waals surface area contributed by atoms with E-state index in [-0.39, 0.29) is 0 Å². The zero-order valence-electron chi connectivity index (χ0n) is 10.1. The van der Waals surface area contributed by atoms with E-state index in [2.05, 4.69) is 25.9 Å². The molecule has 1 aromatic heterocycles. The minimum Gasteiger partial charge on any atom is -0.435 e. The Morgan fingerprint density at radius 1 is 1.28 bits per heavy atom. The molecule has 5 nitrogen and oxygen atoms in total. The molecule has 0 saturated heterocycles. The number of aromatic nitrogens is 2. The Hall–Kier alpha value is -1.82. The molecule has 1 heterocycles. The van der Waals surface area contributed by atoms with Crippen molar-refractivity contribution in [2.45, 2.75) is 0 Å². The summed E-state index contributed by atoms with van der Waals surface area (Å²) in [4.78, 5) is 10.2. The molecule has 1 aromatic carbocycles. The predicted molar refractivity (Wildman–Crippen MR) is 75.0 cm³/mol. The van der Waals surface area contributed by atoms with Gasteiger partial charge in [-0.3, -0.25) is 0 Å². The van der Waals surface area contributed by atoms with Crippen molar-refractivity contribution in [3.63, 3.8) is 0 Å². The summed E-state index contributed by atoms with van der Waals surface area (Å²) in [6.07, 6.45) is 1.64. The van der Waals surface area contributed by atoms with Crippen LogP contribution in [0.25, 0.3) is 0 Å². The maximum atomic E-state index is 5.86. The first-order valence-electron chi connectivity index (χ1n) is 5.30. The topological polar surface area (TPSA) is 64.3 Å². The summed E-state index contributed by atoms with van der Waals surface area (Å²) in [5.41, 5.74) is 6.41. The second kappa shape index (κ2) is 5.22. The zero-order chi connectivity index (χ0) is 13.1. The molecule has 0 aliphatic rings. The molecule has 0 spiro atoms. The average molecular weight is 309 g/mol. The molecule has 0 fully saturated rings. The first-order valence-corrected chi connectivity index (χ1v) is 6.09. The van der Waals surface area contributed by atoms with Crippen LogP contribution in [0.4, 0.5) is 11.6 Å². The van der Waals surface area contributed by atoms with E-state index in [1.165, 1.54) is 0 Å². The molecule has 18 heavy (non-hydrogen) atoms. The summed E-state index contributed by atoms with van der Waals surface area (Å²) in [7, 11) is 3.73. The molecular formula is C12H13BrN4O. The number of nitrogens with zero attached hydrogens (tertiary/aromatic N) is 3. The van der Waals surface area contributed by atoms with Crippen LogP contribution < -0.4 is 15.4 Å². The summed E-state index contributed by atoms with van der Waals surface area (Å²) in [5, 5.41) is 0. The average Bonchev–Trinajstić information content (AvgIpc) is 2.34. The largest absolute Gasteiger partial charge is 0.435 e. The van der Waals surface area contributed by atoms with Crippen LogP contribution in [0.2, 0.25) is 0 Å². The fourth-order valence-corrected chi connectivity index (χ4v) is 1.80. The van der Waals surface area contributed by atoms with E-state index >= 15 is 0 Å². The van der Waals surface area contributed by atoms with Gasteiger partial charge in [0, 0.05) is 26.4 Å². The summed E-state index contributed by atoms with van der Waals surface area (Å²) in [6, 6.07) is 7.16. The van der Waals surface area contributed by atoms with Crippen LogP contribution in [-0.4, -0.2) is 24.1 Å². The fourth-order valence-electron chi connectivity index (χ4n) is 1.34. The molecule has 0 atom stereocenters. The molecule has 0 bridgehead atoms. The van der Waals surface area contributed by atoms with Gasteiger partial charge in [0.05, 0.1) is 10.2 Å². The normalized spacial score (nSPS) is 10.2. The van der Waals surface area contributed by atoms with Crippen LogP contribution in [0, 0.1) is 0 Å². The highest BCUT2D eigenvalue weighted by atomic mass is 79.9. The van der Waals surface area contributed by atoms with Crippen molar-refractivity contribution in [3.05, 3.63) is 34.9 Å². The van der Waals surface area contributed by atoms with Gasteiger partial charge in [-0.05, 0) is 28.1 Å². The second-order valence-corrected chi connectivity index (χ2v) is 4.70. The Labute approximate surface area is 114 Å². The third-order valence-corrected chi connectivity index (χ3v) is 2.85. The van der Waals surface area contributed by atoms with Crippen LogP contribution in [0.15, 0.2) is 34.9 Å². The zero-order valence-corrected chi connectivity index (χ0v) is 11.7. The molecule has 94 valence electrons. The van der Waals surface area contributed by atoms with Gasteiger partial charge in [-0.25, -0.2) is 4.98 Å². The predicted octanol–water partition coefficient (Wildman–Crippen LogP) is 2.68. The number of rotatable bonds is 3. The van der Waals surface area contributed by atoms with Gasteiger partial charge in [0.15, 0.2) is 5.75 Å². The lowest BCUT2D eigenvalue weighted by Gasteiger charge is -2.12. The fraction of sp³-hybridized carbons (Fsp3) is 0.167. The van der Waals surface area contributed by atoms with E-state index in [1.54, 1.807) is 23.2 Å². The highest BCUT2D eigenvalue weighted by Crippen LogP contribution is 2.34. The third kappa shape index (κ3) is 2.70. The first kappa shape index (κ1) is 12.6. The Morgan fingerprint density at radius 3 is 2.72 bits per heavy atom. The van der Waals surface area contributed by atoms with Crippen LogP contribution in [-0.2, 0) is 0 Å². The lowest BCUT2D eigenvalue weighted by molar-refractivity contribution is 0.461. The molecule has 0 unspecified atom stereocenters. The number of nitrogens with two attached hydrogens (primary N) is 1. The highest BCUT2D eigenvalue weighted by molar-refractivity contribution is 9.10. The van der Waals surface area contributed by atoms with Gasteiger partial charge in [0.2, 0.25) is 11.8 Å². The van der Waals surface area contributed by atoms with Crippen LogP contribution in [0.5, 0.6) is 11.6 Å². The van der Waals surface area contributed by atoms with E-state index in [9.17, 15) is 0 Å². The monoisotopic (exact) mass is 308 g/mol. The first-order chi connectivity index (χ1) is 8.58. The second-order valence-electron chi connectivity index (χ2n) is 3.85. The molecule has 2 aromatic rings. The van der Waals surface area contributed by atoms with E-state index in [0.29, 0.717) is 23.3 Å². The number of ether oxygens (including phenoxy) is 1. The SMILES string of the molecule is CN(C)c1nccc(Oc2c(N)cccc2Br)n1. The molecule has 0 saturated carbocycles. The number of nitrogen functional groups attached to an aromatic ring is 1. The van der Waals surface area contributed by atoms with E-state index in [4.69, 9.17) is 10.5 Å². The van der Waals surface area contributed by atoms with E-state index < -0.39 is 0 Å². The highest BCUT2D eigenvalue weighted by Gasteiger charge is 2.09. The molecule has 2 N–H and O–H groups in total. The van der Waals surface area contributed by atoms with Crippen LogP contribution in [0.1, 0.15) is 0 Å².